The first-order chi connectivity index (χ1) is 14.4. The van der Waals surface area contributed by atoms with Crippen LogP contribution in [-0.2, 0) is 16.6 Å². The molecule has 2 amide bonds. The predicted molar refractivity (Wildman–Crippen MR) is 110 cm³/mol. The fourth-order valence-corrected chi connectivity index (χ4v) is 3.57. The number of sulfonamides is 1. The number of aromatic nitrogens is 1. The van der Waals surface area contributed by atoms with Crippen LogP contribution in [0.15, 0.2) is 71.9 Å². The topological polar surface area (TPSA) is 109 Å². The second kappa shape index (κ2) is 9.23. The number of hydrogen-bond acceptors (Lipinski definition) is 5. The molecule has 1 heterocycles. The second-order valence-electron chi connectivity index (χ2n) is 6.15. The van der Waals surface area contributed by atoms with Crippen molar-refractivity contribution in [1.82, 2.24) is 10.3 Å². The van der Waals surface area contributed by atoms with E-state index >= 15 is 0 Å². The number of ether oxygens (including phenoxy) is 1. The first kappa shape index (κ1) is 21.1. The van der Waals surface area contributed by atoms with Gasteiger partial charge in [0.25, 0.3) is 10.0 Å². The Bertz CT molecular complexity index is 1120. The zero-order valence-corrected chi connectivity index (χ0v) is 16.7. The van der Waals surface area contributed by atoms with Crippen LogP contribution in [0.5, 0.6) is 5.75 Å². The number of hydrogen-bond donors (Lipinski definition) is 3. The number of halogens is 1. The monoisotopic (exact) mass is 430 g/mol. The SMILES string of the molecule is COc1ccc(NS(=O)(=O)c2ccc(NC(=O)NCc3cccnc3)cc2)cc1F. The first-order valence-electron chi connectivity index (χ1n) is 8.77. The van der Waals surface area contributed by atoms with E-state index in [1.54, 1.807) is 18.5 Å². The third kappa shape index (κ3) is 5.45. The molecular weight excluding hydrogens is 411 g/mol. The van der Waals surface area contributed by atoms with Gasteiger partial charge in [-0.3, -0.25) is 9.71 Å². The molecule has 156 valence electrons. The summed E-state index contributed by atoms with van der Waals surface area (Å²) in [4.78, 5) is 15.9. The van der Waals surface area contributed by atoms with E-state index in [-0.39, 0.29) is 16.3 Å². The Morgan fingerprint density at radius 2 is 1.83 bits per heavy atom. The Hall–Kier alpha value is -3.66. The van der Waals surface area contributed by atoms with Gasteiger partial charge in [0, 0.05) is 30.7 Å². The van der Waals surface area contributed by atoms with Crippen molar-refractivity contribution in [1.29, 1.82) is 0 Å². The molecule has 8 nitrogen and oxygen atoms in total. The summed E-state index contributed by atoms with van der Waals surface area (Å²) < 4.78 is 45.8. The van der Waals surface area contributed by atoms with Gasteiger partial charge in [-0.1, -0.05) is 6.07 Å². The third-order valence-corrected chi connectivity index (χ3v) is 5.40. The molecule has 0 aliphatic rings. The van der Waals surface area contributed by atoms with Crippen molar-refractivity contribution in [2.75, 3.05) is 17.1 Å². The summed E-state index contributed by atoms with van der Waals surface area (Å²) in [6.45, 7) is 0.300. The summed E-state index contributed by atoms with van der Waals surface area (Å²) in [5, 5.41) is 5.28. The van der Waals surface area contributed by atoms with Crippen molar-refractivity contribution in [2.24, 2.45) is 0 Å². The van der Waals surface area contributed by atoms with Crippen LogP contribution in [0.2, 0.25) is 0 Å². The number of nitrogens with one attached hydrogen (secondary N) is 3. The molecule has 0 aliphatic heterocycles. The largest absolute Gasteiger partial charge is 0.494 e. The zero-order valence-electron chi connectivity index (χ0n) is 15.9. The van der Waals surface area contributed by atoms with Crippen LogP contribution < -0.4 is 20.1 Å². The summed E-state index contributed by atoms with van der Waals surface area (Å²) in [5.41, 5.74) is 1.31. The molecule has 0 saturated heterocycles. The smallest absolute Gasteiger partial charge is 0.319 e. The van der Waals surface area contributed by atoms with Gasteiger partial charge in [-0.2, -0.15) is 0 Å². The van der Waals surface area contributed by atoms with E-state index in [9.17, 15) is 17.6 Å². The summed E-state index contributed by atoms with van der Waals surface area (Å²) in [6.07, 6.45) is 3.28. The van der Waals surface area contributed by atoms with Crippen molar-refractivity contribution < 1.29 is 22.3 Å². The minimum Gasteiger partial charge on any atom is -0.494 e. The molecule has 3 rings (SSSR count). The molecule has 0 radical (unpaired) electrons. The normalized spacial score (nSPS) is 10.9. The van der Waals surface area contributed by atoms with E-state index in [1.807, 2.05) is 6.07 Å². The number of carbonyl (C=O) groups excluding carboxylic acids is 1. The minimum atomic E-state index is -3.93. The lowest BCUT2D eigenvalue weighted by molar-refractivity contribution is 0.251. The molecule has 0 atom stereocenters. The number of pyridine rings is 1. The highest BCUT2D eigenvalue weighted by Gasteiger charge is 2.15. The van der Waals surface area contributed by atoms with Gasteiger partial charge in [0.2, 0.25) is 0 Å². The number of carbonyl (C=O) groups is 1. The molecule has 0 saturated carbocycles. The number of rotatable bonds is 7. The quantitative estimate of drug-likeness (QED) is 0.533. The molecule has 0 aliphatic carbocycles. The van der Waals surface area contributed by atoms with Gasteiger partial charge in [0.1, 0.15) is 0 Å². The highest BCUT2D eigenvalue weighted by molar-refractivity contribution is 7.92. The predicted octanol–water partition coefficient (Wildman–Crippen LogP) is 3.35. The molecular formula is C20H19FN4O4S. The van der Waals surface area contributed by atoms with E-state index in [1.165, 1.54) is 43.5 Å². The molecule has 0 bridgehead atoms. The van der Waals surface area contributed by atoms with Crippen LogP contribution in [0.25, 0.3) is 0 Å². The summed E-state index contributed by atoms with van der Waals surface area (Å²) in [5.74, 6) is -0.676. The van der Waals surface area contributed by atoms with Crippen LogP contribution in [0, 0.1) is 5.82 Å². The van der Waals surface area contributed by atoms with E-state index in [4.69, 9.17) is 4.74 Å². The average molecular weight is 430 g/mol. The number of methoxy groups -OCH3 is 1. The molecule has 0 spiro atoms. The maximum Gasteiger partial charge on any atom is 0.319 e. The lowest BCUT2D eigenvalue weighted by Gasteiger charge is -2.11. The minimum absolute atomic E-state index is 0.00943. The van der Waals surface area contributed by atoms with Crippen molar-refractivity contribution >= 4 is 27.4 Å². The summed E-state index contributed by atoms with van der Waals surface area (Å²) in [7, 11) is -2.62. The Morgan fingerprint density at radius 3 is 2.47 bits per heavy atom. The zero-order chi connectivity index (χ0) is 21.6. The van der Waals surface area contributed by atoms with Crippen LogP contribution in [0.4, 0.5) is 20.6 Å². The number of anilines is 2. The molecule has 3 N–H and O–H groups in total. The van der Waals surface area contributed by atoms with Gasteiger partial charge >= 0.3 is 6.03 Å². The lowest BCUT2D eigenvalue weighted by Crippen LogP contribution is -2.28. The van der Waals surface area contributed by atoms with Gasteiger partial charge in [0.15, 0.2) is 11.6 Å². The standard InChI is InChI=1S/C20H19FN4O4S/c1-29-19-9-6-16(11-18(19)21)25-30(27,28)17-7-4-15(5-8-17)24-20(26)23-13-14-3-2-10-22-12-14/h2-12,25H,13H2,1H3,(H2,23,24,26). The Kier molecular flexibility index (Phi) is 6.48. The number of urea groups is 1. The Morgan fingerprint density at radius 1 is 1.10 bits per heavy atom. The van der Waals surface area contributed by atoms with Gasteiger partial charge in [-0.05, 0) is 48.0 Å². The van der Waals surface area contributed by atoms with E-state index in [0.717, 1.165) is 11.6 Å². The van der Waals surface area contributed by atoms with Crippen LogP contribution in [0.3, 0.4) is 0 Å². The van der Waals surface area contributed by atoms with Crippen molar-refractivity contribution in [3.8, 4) is 5.75 Å². The van der Waals surface area contributed by atoms with E-state index in [0.29, 0.717) is 12.2 Å². The van der Waals surface area contributed by atoms with Gasteiger partial charge < -0.3 is 15.4 Å². The highest BCUT2D eigenvalue weighted by atomic mass is 32.2. The van der Waals surface area contributed by atoms with Gasteiger partial charge in [-0.15, -0.1) is 0 Å². The molecule has 0 fully saturated rings. The number of benzene rings is 2. The summed E-state index contributed by atoms with van der Waals surface area (Å²) >= 11 is 0. The molecule has 3 aromatic rings. The molecule has 10 heteroatoms. The lowest BCUT2D eigenvalue weighted by atomic mass is 10.3. The highest BCUT2D eigenvalue weighted by Crippen LogP contribution is 2.23. The van der Waals surface area contributed by atoms with Crippen molar-refractivity contribution in [2.45, 2.75) is 11.4 Å². The van der Waals surface area contributed by atoms with Crippen LogP contribution >= 0.6 is 0 Å². The van der Waals surface area contributed by atoms with Gasteiger partial charge in [0.05, 0.1) is 17.7 Å². The maximum absolute atomic E-state index is 13.8. The fourth-order valence-electron chi connectivity index (χ4n) is 2.52. The van der Waals surface area contributed by atoms with Gasteiger partial charge in [-0.25, -0.2) is 17.6 Å². The van der Waals surface area contributed by atoms with Crippen LogP contribution in [-0.4, -0.2) is 26.5 Å². The molecule has 0 unspecified atom stereocenters. The van der Waals surface area contributed by atoms with Crippen LogP contribution in [0.1, 0.15) is 5.56 Å². The second-order valence-corrected chi connectivity index (χ2v) is 7.83. The first-order valence-corrected chi connectivity index (χ1v) is 10.3. The summed E-state index contributed by atoms with van der Waals surface area (Å²) in [6, 6.07) is 12.5. The van der Waals surface area contributed by atoms with E-state index in [2.05, 4.69) is 20.3 Å². The number of amides is 2. The third-order valence-electron chi connectivity index (χ3n) is 4.00. The maximum atomic E-state index is 13.8. The van der Waals surface area contributed by atoms with E-state index < -0.39 is 21.9 Å². The molecule has 2 aromatic carbocycles. The Labute approximate surface area is 173 Å². The number of nitrogens with zero attached hydrogens (tertiary/aromatic N) is 1. The molecule has 30 heavy (non-hydrogen) atoms. The van der Waals surface area contributed by atoms with Crippen molar-refractivity contribution in [3.63, 3.8) is 0 Å². The molecule has 1 aromatic heterocycles. The fraction of sp³-hybridized carbons (Fsp3) is 0.100. The average Bonchev–Trinajstić information content (AvgIpc) is 2.73. The van der Waals surface area contributed by atoms with Crippen molar-refractivity contribution in [3.05, 3.63) is 78.4 Å². The Balaban J connectivity index is 1.61.